The molecule has 1 N–H and O–H groups in total. The van der Waals surface area contributed by atoms with Gasteiger partial charge >= 0.3 is 0 Å². The third-order valence-corrected chi connectivity index (χ3v) is 5.66. The summed E-state index contributed by atoms with van der Waals surface area (Å²) in [5, 5.41) is 0. The number of hydrogen-bond acceptors (Lipinski definition) is 4. The van der Waals surface area contributed by atoms with Crippen molar-refractivity contribution in [2.75, 3.05) is 12.9 Å². The fraction of sp³-hybridized carbons (Fsp3) is 0.600. The molecule has 0 saturated carbocycles. The molecule has 0 bridgehead atoms. The lowest BCUT2D eigenvalue weighted by molar-refractivity contribution is 0.136. The molecule has 1 aromatic rings. The summed E-state index contributed by atoms with van der Waals surface area (Å²) in [5.74, 6) is -0.0274. The van der Waals surface area contributed by atoms with Gasteiger partial charge in [-0.2, -0.15) is 0 Å². The largest absolute Gasteiger partial charge is 0.381 e. The zero-order chi connectivity index (χ0) is 13.1. The molecule has 2 atom stereocenters. The van der Waals surface area contributed by atoms with Crippen molar-refractivity contribution in [3.63, 3.8) is 0 Å². The first-order valence-corrected chi connectivity index (χ1v) is 8.38. The van der Waals surface area contributed by atoms with E-state index in [1.165, 1.54) is 18.4 Å². The summed E-state index contributed by atoms with van der Waals surface area (Å²) in [6, 6.07) is 3.59. The van der Waals surface area contributed by atoms with Crippen LogP contribution in [0, 0.1) is 0 Å². The van der Waals surface area contributed by atoms with E-state index in [1.54, 1.807) is 6.92 Å². The van der Waals surface area contributed by atoms with E-state index in [2.05, 4.69) is 20.7 Å². The highest BCUT2D eigenvalue weighted by molar-refractivity contribution is 9.11. The Kier molecular flexibility index (Phi) is 5.59. The van der Waals surface area contributed by atoms with Crippen LogP contribution in [-0.4, -0.2) is 27.4 Å². The van der Waals surface area contributed by atoms with E-state index in [9.17, 15) is 8.42 Å². The van der Waals surface area contributed by atoms with Crippen LogP contribution in [0.3, 0.4) is 0 Å². The summed E-state index contributed by atoms with van der Waals surface area (Å²) in [5.41, 5.74) is 0. The van der Waals surface area contributed by atoms with Crippen molar-refractivity contribution in [2.24, 2.45) is 0 Å². The third kappa shape index (κ3) is 5.05. The molecule has 98 valence electrons. The second-order valence-electron chi connectivity index (χ2n) is 3.81. The Labute approximate surface area is 115 Å². The van der Waals surface area contributed by atoms with Gasteiger partial charge in [-0.25, -0.2) is 13.1 Å². The Morgan fingerprint density at radius 3 is 2.59 bits per heavy atom. The Bertz CT molecular complexity index is 458. The molecule has 1 heterocycles. The molecule has 0 amide bonds. The zero-order valence-electron chi connectivity index (χ0n) is 9.94. The Morgan fingerprint density at radius 1 is 1.47 bits per heavy atom. The number of sulfonamides is 1. The lowest BCUT2D eigenvalue weighted by Gasteiger charge is -2.15. The van der Waals surface area contributed by atoms with E-state index in [4.69, 9.17) is 4.74 Å². The average molecular weight is 342 g/mol. The third-order valence-electron chi connectivity index (χ3n) is 2.23. The minimum atomic E-state index is -3.31. The maximum Gasteiger partial charge on any atom is 0.214 e. The normalized spacial score (nSPS) is 15.8. The standard InChI is InChI=1S/C10H16BrNO3S2/c1-7(15-3)6-17(13,14)12-8(2)9-4-5-10(11)16-9/h4-5,7-8,12H,6H2,1-3H3/t7?,8-/m1/s1. The molecule has 0 aliphatic heterocycles. The zero-order valence-corrected chi connectivity index (χ0v) is 13.2. The molecule has 0 aromatic carbocycles. The molecule has 0 spiro atoms. The average Bonchev–Trinajstić information content (AvgIpc) is 2.63. The van der Waals surface area contributed by atoms with Crippen LogP contribution in [0.4, 0.5) is 0 Å². The van der Waals surface area contributed by atoms with Crippen molar-refractivity contribution < 1.29 is 13.2 Å². The first-order chi connectivity index (χ1) is 7.84. The van der Waals surface area contributed by atoms with Gasteiger partial charge in [-0.15, -0.1) is 11.3 Å². The molecule has 4 nitrogen and oxygen atoms in total. The van der Waals surface area contributed by atoms with Crippen LogP contribution in [0.2, 0.25) is 0 Å². The molecule has 1 rings (SSSR count). The molecule has 1 aromatic heterocycles. The topological polar surface area (TPSA) is 55.4 Å². The highest BCUT2D eigenvalue weighted by Gasteiger charge is 2.19. The van der Waals surface area contributed by atoms with Gasteiger partial charge in [0.25, 0.3) is 0 Å². The van der Waals surface area contributed by atoms with Crippen molar-refractivity contribution in [1.29, 1.82) is 0 Å². The predicted octanol–water partition coefficient (Wildman–Crippen LogP) is 2.53. The van der Waals surface area contributed by atoms with Gasteiger partial charge in [0.1, 0.15) is 0 Å². The van der Waals surface area contributed by atoms with Crippen LogP contribution in [0.1, 0.15) is 24.8 Å². The van der Waals surface area contributed by atoms with Gasteiger partial charge < -0.3 is 4.74 Å². The Hall–Kier alpha value is 0.0500. The second-order valence-corrected chi connectivity index (χ2v) is 8.10. The monoisotopic (exact) mass is 341 g/mol. The van der Waals surface area contributed by atoms with Gasteiger partial charge in [0.15, 0.2) is 0 Å². The molecule has 0 radical (unpaired) electrons. The minimum absolute atomic E-state index is 0.0274. The van der Waals surface area contributed by atoms with Crippen molar-refractivity contribution in [3.8, 4) is 0 Å². The molecule has 0 aliphatic carbocycles. The van der Waals surface area contributed by atoms with Gasteiger partial charge in [-0.3, -0.25) is 0 Å². The van der Waals surface area contributed by atoms with Crippen molar-refractivity contribution in [3.05, 3.63) is 20.8 Å². The summed E-state index contributed by atoms with van der Waals surface area (Å²) in [6.45, 7) is 3.55. The molecular weight excluding hydrogens is 326 g/mol. The number of thiophene rings is 1. The van der Waals surface area contributed by atoms with Crippen LogP contribution in [-0.2, 0) is 14.8 Å². The lowest BCUT2D eigenvalue weighted by Crippen LogP contribution is -2.33. The Balaban J connectivity index is 2.64. The second kappa shape index (κ2) is 6.29. The highest BCUT2D eigenvalue weighted by atomic mass is 79.9. The van der Waals surface area contributed by atoms with Crippen LogP contribution in [0.5, 0.6) is 0 Å². The van der Waals surface area contributed by atoms with Crippen molar-refractivity contribution in [2.45, 2.75) is 26.0 Å². The SMILES string of the molecule is COC(C)CS(=O)(=O)N[C@H](C)c1ccc(Br)s1. The number of rotatable bonds is 6. The summed E-state index contributed by atoms with van der Waals surface area (Å²) < 4.78 is 32.2. The first kappa shape index (κ1) is 15.1. The summed E-state index contributed by atoms with van der Waals surface area (Å²) in [4.78, 5) is 0.977. The maximum absolute atomic E-state index is 11.8. The number of hydrogen-bond donors (Lipinski definition) is 1. The summed E-state index contributed by atoms with van der Waals surface area (Å²) in [6.07, 6.45) is -0.310. The molecular formula is C10H16BrNO3S2. The van der Waals surface area contributed by atoms with Gasteiger partial charge in [0, 0.05) is 12.0 Å². The molecule has 7 heteroatoms. The van der Waals surface area contributed by atoms with E-state index in [0.29, 0.717) is 0 Å². The Morgan fingerprint density at radius 2 is 2.12 bits per heavy atom. The molecule has 0 fully saturated rings. The first-order valence-electron chi connectivity index (χ1n) is 5.12. The smallest absolute Gasteiger partial charge is 0.214 e. The van der Waals surface area contributed by atoms with Crippen molar-refractivity contribution >= 4 is 37.3 Å². The van der Waals surface area contributed by atoms with Gasteiger partial charge in [0.05, 0.1) is 21.7 Å². The van der Waals surface area contributed by atoms with E-state index < -0.39 is 10.0 Å². The van der Waals surface area contributed by atoms with Gasteiger partial charge in [0.2, 0.25) is 10.0 Å². The minimum Gasteiger partial charge on any atom is -0.381 e. The number of halogens is 1. The van der Waals surface area contributed by atoms with Crippen molar-refractivity contribution in [1.82, 2.24) is 4.72 Å². The predicted molar refractivity (Wildman–Crippen MR) is 73.8 cm³/mol. The maximum atomic E-state index is 11.8. The summed E-state index contributed by atoms with van der Waals surface area (Å²) >= 11 is 4.87. The molecule has 0 aliphatic rings. The van der Waals surface area contributed by atoms with Gasteiger partial charge in [-0.05, 0) is 41.9 Å². The number of methoxy groups -OCH3 is 1. The highest BCUT2D eigenvalue weighted by Crippen LogP contribution is 2.27. The van der Waals surface area contributed by atoms with Crippen LogP contribution >= 0.6 is 27.3 Å². The molecule has 17 heavy (non-hydrogen) atoms. The van der Waals surface area contributed by atoms with Crippen LogP contribution < -0.4 is 4.72 Å². The quantitative estimate of drug-likeness (QED) is 0.864. The van der Waals surface area contributed by atoms with E-state index in [0.717, 1.165) is 8.66 Å². The van der Waals surface area contributed by atoms with E-state index >= 15 is 0 Å². The van der Waals surface area contributed by atoms with E-state index in [1.807, 2.05) is 19.1 Å². The van der Waals surface area contributed by atoms with Crippen LogP contribution in [0.15, 0.2) is 15.9 Å². The molecule has 0 saturated heterocycles. The number of ether oxygens (including phenoxy) is 1. The van der Waals surface area contributed by atoms with Gasteiger partial charge in [-0.1, -0.05) is 0 Å². The fourth-order valence-electron chi connectivity index (χ4n) is 1.31. The van der Waals surface area contributed by atoms with E-state index in [-0.39, 0.29) is 17.9 Å². The summed E-state index contributed by atoms with van der Waals surface area (Å²) in [7, 11) is -1.81. The lowest BCUT2D eigenvalue weighted by atomic mass is 10.3. The number of nitrogens with one attached hydrogen (secondary N) is 1. The molecule has 1 unspecified atom stereocenters. The fourth-order valence-corrected chi connectivity index (χ4v) is 4.33. The van der Waals surface area contributed by atoms with Crippen LogP contribution in [0.25, 0.3) is 0 Å².